The third-order valence-corrected chi connectivity index (χ3v) is 4.56. The number of piperazine rings is 1. The van der Waals surface area contributed by atoms with Crippen molar-refractivity contribution in [2.75, 3.05) is 39.9 Å². The number of aliphatic hydroxyl groups excluding tert-OH is 1. The molecule has 0 unspecified atom stereocenters. The van der Waals surface area contributed by atoms with Crippen LogP contribution in [0.4, 0.5) is 8.78 Å². The molecule has 1 aliphatic rings. The Labute approximate surface area is 140 Å². The number of halogens is 2. The van der Waals surface area contributed by atoms with Gasteiger partial charge in [0.2, 0.25) is 0 Å². The maximum Gasteiger partial charge on any atom is 0.289 e. The first kappa shape index (κ1) is 17.1. The first-order chi connectivity index (χ1) is 11.6. The summed E-state index contributed by atoms with van der Waals surface area (Å²) in [7, 11) is 1.57. The van der Waals surface area contributed by atoms with Gasteiger partial charge in [0.25, 0.3) is 5.92 Å². The standard InChI is InChI=1S/C18H22F2N2O2/c1-24-16-7-6-15(13-4-2-3-5-14(13)16)17(18(19,20)12-23)22-10-8-21-9-11-22/h2-7,17,21,23H,8-12H2,1H3/t17-/m1/s1. The van der Waals surface area contributed by atoms with Gasteiger partial charge in [-0.25, -0.2) is 8.78 Å². The van der Waals surface area contributed by atoms with E-state index < -0.39 is 18.6 Å². The zero-order chi connectivity index (χ0) is 17.2. The largest absolute Gasteiger partial charge is 0.496 e. The smallest absolute Gasteiger partial charge is 0.289 e. The highest BCUT2D eigenvalue weighted by molar-refractivity contribution is 5.91. The van der Waals surface area contributed by atoms with Gasteiger partial charge in [0.05, 0.1) is 7.11 Å². The fraction of sp³-hybridized carbons (Fsp3) is 0.444. The number of alkyl halides is 2. The number of fused-ring (bicyclic) bond motifs is 1. The first-order valence-corrected chi connectivity index (χ1v) is 8.07. The van der Waals surface area contributed by atoms with E-state index in [0.717, 1.165) is 10.8 Å². The fourth-order valence-corrected chi connectivity index (χ4v) is 3.43. The van der Waals surface area contributed by atoms with Crippen LogP contribution in [0, 0.1) is 0 Å². The van der Waals surface area contributed by atoms with Crippen LogP contribution in [-0.4, -0.2) is 55.8 Å². The molecule has 0 spiro atoms. The third-order valence-electron chi connectivity index (χ3n) is 4.56. The Hall–Kier alpha value is -1.76. The normalized spacial score (nSPS) is 17.8. The lowest BCUT2D eigenvalue weighted by atomic mass is 9.92. The van der Waals surface area contributed by atoms with Crippen LogP contribution < -0.4 is 10.1 Å². The molecule has 0 bridgehead atoms. The number of benzene rings is 2. The van der Waals surface area contributed by atoms with Gasteiger partial charge in [-0.1, -0.05) is 30.3 Å². The predicted molar refractivity (Wildman–Crippen MR) is 89.7 cm³/mol. The summed E-state index contributed by atoms with van der Waals surface area (Å²) in [6.45, 7) is 1.17. The van der Waals surface area contributed by atoms with Crippen LogP contribution in [0.25, 0.3) is 10.8 Å². The van der Waals surface area contributed by atoms with Crippen molar-refractivity contribution in [3.63, 3.8) is 0 Å². The summed E-state index contributed by atoms with van der Waals surface area (Å²) >= 11 is 0. The SMILES string of the molecule is COc1ccc([C@@H](N2CCNCC2)C(F)(F)CO)c2ccccc12. The van der Waals surface area contributed by atoms with Gasteiger partial charge in [-0.05, 0) is 17.0 Å². The fourth-order valence-electron chi connectivity index (χ4n) is 3.43. The number of rotatable bonds is 5. The molecule has 1 atom stereocenters. The predicted octanol–water partition coefficient (Wildman–Crippen LogP) is 2.42. The number of nitrogens with zero attached hydrogens (tertiary/aromatic N) is 1. The van der Waals surface area contributed by atoms with Crippen LogP contribution in [0.3, 0.4) is 0 Å². The number of methoxy groups -OCH3 is 1. The number of hydrogen-bond acceptors (Lipinski definition) is 4. The number of aliphatic hydroxyl groups is 1. The van der Waals surface area contributed by atoms with Crippen LogP contribution in [0.5, 0.6) is 5.75 Å². The van der Waals surface area contributed by atoms with E-state index in [1.54, 1.807) is 24.1 Å². The van der Waals surface area contributed by atoms with Crippen LogP contribution in [-0.2, 0) is 0 Å². The second-order valence-electron chi connectivity index (χ2n) is 6.01. The van der Waals surface area contributed by atoms with E-state index in [0.29, 0.717) is 37.5 Å². The highest BCUT2D eigenvalue weighted by atomic mass is 19.3. The molecule has 0 radical (unpaired) electrons. The van der Waals surface area contributed by atoms with Crippen LogP contribution in [0.15, 0.2) is 36.4 Å². The van der Waals surface area contributed by atoms with Gasteiger partial charge >= 0.3 is 0 Å². The van der Waals surface area contributed by atoms with Crippen molar-refractivity contribution in [3.8, 4) is 5.75 Å². The Morgan fingerprint density at radius 3 is 2.46 bits per heavy atom. The molecule has 0 aliphatic carbocycles. The molecule has 24 heavy (non-hydrogen) atoms. The van der Waals surface area contributed by atoms with E-state index in [1.807, 2.05) is 24.3 Å². The topological polar surface area (TPSA) is 44.7 Å². The van der Waals surface area contributed by atoms with Crippen molar-refractivity contribution < 1.29 is 18.6 Å². The molecule has 0 aromatic heterocycles. The van der Waals surface area contributed by atoms with Gasteiger partial charge in [0.15, 0.2) is 0 Å². The second-order valence-corrected chi connectivity index (χ2v) is 6.01. The Balaban J connectivity index is 2.16. The lowest BCUT2D eigenvalue weighted by Gasteiger charge is -2.39. The van der Waals surface area contributed by atoms with Crippen LogP contribution >= 0.6 is 0 Å². The minimum Gasteiger partial charge on any atom is -0.496 e. The van der Waals surface area contributed by atoms with Crippen LogP contribution in [0.2, 0.25) is 0 Å². The summed E-state index contributed by atoms with van der Waals surface area (Å²) in [5.41, 5.74) is 0.521. The summed E-state index contributed by atoms with van der Waals surface area (Å²) in [5.74, 6) is -2.57. The van der Waals surface area contributed by atoms with Crippen molar-refractivity contribution in [3.05, 3.63) is 42.0 Å². The second kappa shape index (κ2) is 7.01. The molecule has 2 aromatic carbocycles. The number of nitrogens with one attached hydrogen (secondary N) is 1. The minimum absolute atomic E-state index is 0.514. The van der Waals surface area contributed by atoms with E-state index in [2.05, 4.69) is 5.32 Å². The molecule has 4 nitrogen and oxygen atoms in total. The van der Waals surface area contributed by atoms with Crippen molar-refractivity contribution in [1.29, 1.82) is 0 Å². The molecule has 0 amide bonds. The van der Waals surface area contributed by atoms with Gasteiger partial charge in [0.1, 0.15) is 18.4 Å². The zero-order valence-electron chi connectivity index (χ0n) is 13.6. The highest BCUT2D eigenvalue weighted by Crippen LogP contribution is 2.41. The van der Waals surface area contributed by atoms with E-state index in [-0.39, 0.29) is 0 Å². The molecule has 1 heterocycles. The highest BCUT2D eigenvalue weighted by Gasteiger charge is 2.44. The van der Waals surface area contributed by atoms with Crippen molar-refractivity contribution in [2.45, 2.75) is 12.0 Å². The lowest BCUT2D eigenvalue weighted by molar-refractivity contribution is -0.118. The summed E-state index contributed by atoms with van der Waals surface area (Å²) in [5, 5.41) is 14.0. The maximum atomic E-state index is 14.7. The molecule has 130 valence electrons. The van der Waals surface area contributed by atoms with Gasteiger partial charge < -0.3 is 15.2 Å². The molecule has 2 N–H and O–H groups in total. The Kier molecular flexibility index (Phi) is 4.99. The van der Waals surface area contributed by atoms with Crippen molar-refractivity contribution in [1.82, 2.24) is 10.2 Å². The molecule has 6 heteroatoms. The maximum absolute atomic E-state index is 14.7. The van der Waals surface area contributed by atoms with E-state index in [1.165, 1.54) is 0 Å². The van der Waals surface area contributed by atoms with E-state index in [9.17, 15) is 13.9 Å². The lowest BCUT2D eigenvalue weighted by Crippen LogP contribution is -2.51. The molecular formula is C18H22F2N2O2. The summed E-state index contributed by atoms with van der Waals surface area (Å²) in [6.07, 6.45) is 0. The number of ether oxygens (including phenoxy) is 1. The molecule has 2 aromatic rings. The minimum atomic E-state index is -3.23. The summed E-state index contributed by atoms with van der Waals surface area (Å²) in [4.78, 5) is 1.75. The average molecular weight is 336 g/mol. The summed E-state index contributed by atoms with van der Waals surface area (Å²) < 4.78 is 34.7. The first-order valence-electron chi connectivity index (χ1n) is 8.07. The van der Waals surface area contributed by atoms with Gasteiger partial charge in [0, 0.05) is 31.6 Å². The molecule has 1 saturated heterocycles. The van der Waals surface area contributed by atoms with Gasteiger partial charge in [-0.15, -0.1) is 0 Å². The molecular weight excluding hydrogens is 314 g/mol. The van der Waals surface area contributed by atoms with E-state index in [4.69, 9.17) is 4.74 Å². The average Bonchev–Trinajstić information content (AvgIpc) is 2.63. The quantitative estimate of drug-likeness (QED) is 0.880. The Morgan fingerprint density at radius 1 is 1.17 bits per heavy atom. The molecule has 0 saturated carbocycles. The third kappa shape index (κ3) is 3.09. The van der Waals surface area contributed by atoms with E-state index >= 15 is 0 Å². The van der Waals surface area contributed by atoms with Gasteiger partial charge in [-0.2, -0.15) is 0 Å². The molecule has 1 aliphatic heterocycles. The van der Waals surface area contributed by atoms with Crippen LogP contribution in [0.1, 0.15) is 11.6 Å². The van der Waals surface area contributed by atoms with Crippen molar-refractivity contribution in [2.24, 2.45) is 0 Å². The summed E-state index contributed by atoms with van der Waals surface area (Å²) in [6, 6.07) is 9.63. The zero-order valence-corrected chi connectivity index (χ0v) is 13.6. The van der Waals surface area contributed by atoms with Crippen molar-refractivity contribution >= 4 is 10.8 Å². The Bertz CT molecular complexity index is 702. The molecule has 3 rings (SSSR count). The van der Waals surface area contributed by atoms with Gasteiger partial charge in [-0.3, -0.25) is 4.90 Å². The molecule has 1 fully saturated rings. The Morgan fingerprint density at radius 2 is 1.83 bits per heavy atom. The number of hydrogen-bond donors (Lipinski definition) is 2. The monoisotopic (exact) mass is 336 g/mol.